The summed E-state index contributed by atoms with van der Waals surface area (Å²) in [6.07, 6.45) is 0. The lowest BCUT2D eigenvalue weighted by Gasteiger charge is -2.10. The maximum Gasteiger partial charge on any atom is 0.329 e. The lowest BCUT2D eigenvalue weighted by Crippen LogP contribution is -2.29. The Morgan fingerprint density at radius 2 is 1.96 bits per heavy atom. The van der Waals surface area contributed by atoms with E-state index in [0.29, 0.717) is 23.7 Å². The molecule has 0 aliphatic rings. The summed E-state index contributed by atoms with van der Waals surface area (Å²) in [5, 5.41) is 2.94. The van der Waals surface area contributed by atoms with Crippen molar-refractivity contribution in [2.24, 2.45) is 7.05 Å². The van der Waals surface area contributed by atoms with Crippen LogP contribution in [0.2, 0.25) is 0 Å². The van der Waals surface area contributed by atoms with Crippen LogP contribution in [0, 0.1) is 6.92 Å². The van der Waals surface area contributed by atoms with E-state index in [1.165, 1.54) is 17.7 Å². The van der Waals surface area contributed by atoms with Gasteiger partial charge in [0.15, 0.2) is 0 Å². The molecule has 3 aromatic rings. The fourth-order valence-corrected chi connectivity index (χ4v) is 2.59. The maximum atomic E-state index is 12.6. The van der Waals surface area contributed by atoms with Crippen LogP contribution in [0.3, 0.4) is 0 Å². The first kappa shape index (κ1) is 17.4. The highest BCUT2D eigenvalue weighted by Crippen LogP contribution is 2.18. The van der Waals surface area contributed by atoms with Crippen LogP contribution in [-0.4, -0.2) is 27.0 Å². The normalized spacial score (nSPS) is 10.7. The number of pyridine rings is 1. The van der Waals surface area contributed by atoms with Gasteiger partial charge in [-0.15, -0.1) is 0 Å². The van der Waals surface area contributed by atoms with E-state index in [1.54, 1.807) is 31.2 Å². The molecule has 0 radical (unpaired) electrons. The third kappa shape index (κ3) is 3.21. The summed E-state index contributed by atoms with van der Waals surface area (Å²) in [6, 6.07) is 8.41. The topological polar surface area (TPSA) is 106 Å². The molecule has 1 amide bonds. The highest BCUT2D eigenvalue weighted by atomic mass is 16.5. The molecule has 134 valence electrons. The summed E-state index contributed by atoms with van der Waals surface area (Å²) >= 11 is 0. The molecule has 2 heterocycles. The Morgan fingerprint density at radius 1 is 1.27 bits per heavy atom. The Hall–Kier alpha value is -3.42. The highest BCUT2D eigenvalue weighted by molar-refractivity contribution is 6.06. The van der Waals surface area contributed by atoms with Crippen LogP contribution in [0.1, 0.15) is 23.0 Å². The number of nitrogens with zero attached hydrogens (tertiary/aromatic N) is 2. The van der Waals surface area contributed by atoms with Gasteiger partial charge in [0.25, 0.3) is 11.5 Å². The quantitative estimate of drug-likeness (QED) is 0.740. The monoisotopic (exact) mass is 354 g/mol. The third-order valence-electron chi connectivity index (χ3n) is 3.95. The van der Waals surface area contributed by atoms with Crippen molar-refractivity contribution < 1.29 is 9.53 Å². The van der Waals surface area contributed by atoms with E-state index in [-0.39, 0.29) is 16.6 Å². The minimum Gasteiger partial charge on any atom is -0.494 e. The lowest BCUT2D eigenvalue weighted by molar-refractivity contribution is 0.102. The molecular formula is C18H18N4O4. The highest BCUT2D eigenvalue weighted by Gasteiger charge is 2.15. The van der Waals surface area contributed by atoms with Crippen molar-refractivity contribution >= 4 is 22.6 Å². The van der Waals surface area contributed by atoms with Gasteiger partial charge < -0.3 is 10.1 Å². The number of H-pyrrole nitrogens is 1. The Labute approximate surface area is 148 Å². The van der Waals surface area contributed by atoms with Gasteiger partial charge in [0, 0.05) is 12.7 Å². The van der Waals surface area contributed by atoms with Crippen LogP contribution >= 0.6 is 0 Å². The zero-order valence-corrected chi connectivity index (χ0v) is 14.6. The molecule has 2 aromatic heterocycles. The van der Waals surface area contributed by atoms with E-state index >= 15 is 0 Å². The second kappa shape index (κ2) is 6.83. The first-order valence-corrected chi connectivity index (χ1v) is 8.05. The van der Waals surface area contributed by atoms with Gasteiger partial charge in [-0.1, -0.05) is 0 Å². The van der Waals surface area contributed by atoms with Crippen LogP contribution in [0.15, 0.2) is 39.9 Å². The predicted molar refractivity (Wildman–Crippen MR) is 97.9 cm³/mol. The third-order valence-corrected chi connectivity index (χ3v) is 3.95. The smallest absolute Gasteiger partial charge is 0.329 e. The molecule has 0 saturated carbocycles. The van der Waals surface area contributed by atoms with Gasteiger partial charge in [-0.05, 0) is 44.2 Å². The van der Waals surface area contributed by atoms with Crippen LogP contribution in [-0.2, 0) is 7.05 Å². The van der Waals surface area contributed by atoms with E-state index in [0.717, 1.165) is 0 Å². The summed E-state index contributed by atoms with van der Waals surface area (Å²) in [6.45, 7) is 4.10. The fraction of sp³-hybridized carbons (Fsp3) is 0.222. The van der Waals surface area contributed by atoms with Gasteiger partial charge in [0.05, 0.1) is 23.3 Å². The number of nitrogens with one attached hydrogen (secondary N) is 2. The second-order valence-electron chi connectivity index (χ2n) is 5.72. The molecule has 0 aliphatic carbocycles. The van der Waals surface area contributed by atoms with Crippen molar-refractivity contribution in [3.63, 3.8) is 0 Å². The van der Waals surface area contributed by atoms with Gasteiger partial charge in [0.1, 0.15) is 11.4 Å². The van der Waals surface area contributed by atoms with Crippen molar-refractivity contribution in [1.29, 1.82) is 0 Å². The number of hydrogen-bond donors (Lipinski definition) is 2. The number of ether oxygens (including phenoxy) is 1. The first-order valence-electron chi connectivity index (χ1n) is 8.05. The summed E-state index contributed by atoms with van der Waals surface area (Å²) in [7, 11) is 1.51. The van der Waals surface area contributed by atoms with Crippen molar-refractivity contribution in [3.8, 4) is 5.75 Å². The Bertz CT molecular complexity index is 1100. The lowest BCUT2D eigenvalue weighted by atomic mass is 10.1. The van der Waals surface area contributed by atoms with Gasteiger partial charge in [-0.2, -0.15) is 0 Å². The molecule has 8 nitrogen and oxygen atoms in total. The first-order chi connectivity index (χ1) is 12.4. The largest absolute Gasteiger partial charge is 0.494 e. The molecule has 0 fully saturated rings. The number of anilines is 1. The predicted octanol–water partition coefficient (Wildman–Crippen LogP) is 1.58. The molecule has 8 heteroatoms. The average molecular weight is 354 g/mol. The Balaban J connectivity index is 1.96. The van der Waals surface area contributed by atoms with Crippen molar-refractivity contribution in [3.05, 3.63) is 62.4 Å². The molecule has 1 aromatic carbocycles. The van der Waals surface area contributed by atoms with Gasteiger partial charge in [-0.3, -0.25) is 19.1 Å². The fourth-order valence-electron chi connectivity index (χ4n) is 2.59. The number of rotatable bonds is 4. The molecular weight excluding hydrogens is 336 g/mol. The number of fused-ring (bicyclic) bond motifs is 1. The van der Waals surface area contributed by atoms with E-state index in [2.05, 4.69) is 15.3 Å². The average Bonchev–Trinajstić information content (AvgIpc) is 2.61. The summed E-state index contributed by atoms with van der Waals surface area (Å²) in [5.41, 5.74) is 0.366. The van der Waals surface area contributed by atoms with Crippen molar-refractivity contribution in [2.45, 2.75) is 13.8 Å². The molecule has 2 N–H and O–H groups in total. The number of benzene rings is 1. The minimum atomic E-state index is -0.578. The van der Waals surface area contributed by atoms with Crippen molar-refractivity contribution in [1.82, 2.24) is 14.5 Å². The van der Waals surface area contributed by atoms with Crippen LogP contribution in [0.5, 0.6) is 5.75 Å². The summed E-state index contributed by atoms with van der Waals surface area (Å²) in [5.74, 6) is 0.316. The van der Waals surface area contributed by atoms with Crippen molar-refractivity contribution in [2.75, 3.05) is 11.9 Å². The van der Waals surface area contributed by atoms with Gasteiger partial charge in [0.2, 0.25) is 0 Å². The zero-order chi connectivity index (χ0) is 18.8. The number of aryl methyl sites for hydroxylation is 2. The van der Waals surface area contributed by atoms with Gasteiger partial charge >= 0.3 is 5.69 Å². The molecule has 26 heavy (non-hydrogen) atoms. The van der Waals surface area contributed by atoms with Crippen LogP contribution in [0.25, 0.3) is 11.0 Å². The molecule has 0 bridgehead atoms. The Morgan fingerprint density at radius 3 is 2.62 bits per heavy atom. The molecule has 0 saturated heterocycles. The Kier molecular flexibility index (Phi) is 4.57. The zero-order valence-electron chi connectivity index (χ0n) is 14.6. The number of hydrogen-bond acceptors (Lipinski definition) is 5. The van der Waals surface area contributed by atoms with E-state index in [4.69, 9.17) is 4.74 Å². The molecule has 0 aliphatic heterocycles. The minimum absolute atomic E-state index is 0.176. The number of amides is 1. The second-order valence-corrected chi connectivity index (χ2v) is 5.72. The standard InChI is InChI=1S/C18H18N4O4/c1-4-26-12-7-5-11(6-8-12)20-16(23)13-9-14-15(19-10(13)2)22(3)18(25)21-17(14)24/h5-9H,4H2,1-3H3,(H,20,23)(H,21,24,25). The van der Waals surface area contributed by atoms with Crippen LogP contribution < -0.4 is 21.3 Å². The maximum absolute atomic E-state index is 12.6. The summed E-state index contributed by atoms with van der Waals surface area (Å²) < 4.78 is 6.60. The molecule has 3 rings (SSSR count). The molecule has 0 atom stereocenters. The van der Waals surface area contributed by atoms with E-state index < -0.39 is 17.2 Å². The van der Waals surface area contributed by atoms with Crippen LogP contribution in [0.4, 0.5) is 5.69 Å². The SMILES string of the molecule is CCOc1ccc(NC(=O)c2cc3c(=O)[nH]c(=O)n(C)c3nc2C)cc1. The van der Waals surface area contributed by atoms with E-state index in [1.807, 2.05) is 6.92 Å². The van der Waals surface area contributed by atoms with Gasteiger partial charge in [-0.25, -0.2) is 9.78 Å². The van der Waals surface area contributed by atoms with E-state index in [9.17, 15) is 14.4 Å². The number of carbonyl (C=O) groups excluding carboxylic acids is 1. The molecule has 0 unspecified atom stereocenters. The number of carbonyl (C=O) groups is 1. The number of aromatic nitrogens is 3. The molecule has 0 spiro atoms. The summed E-state index contributed by atoms with van der Waals surface area (Å²) in [4.78, 5) is 42.8. The number of aromatic amines is 1.